The first-order valence-electron chi connectivity index (χ1n) is 9.36. The zero-order chi connectivity index (χ0) is 19.5. The van der Waals surface area contributed by atoms with Crippen LogP contribution in [-0.4, -0.2) is 15.8 Å². The number of ether oxygens (including phenoxy) is 1. The van der Waals surface area contributed by atoms with Gasteiger partial charge in [0.25, 0.3) is 0 Å². The summed E-state index contributed by atoms with van der Waals surface area (Å²) in [6, 6.07) is 15.6. The van der Waals surface area contributed by atoms with Crippen LogP contribution in [0.25, 0.3) is 11.1 Å². The smallest absolute Gasteiger partial charge is 0.213 e. The summed E-state index contributed by atoms with van der Waals surface area (Å²) in [6.07, 6.45) is 5.76. The highest BCUT2D eigenvalue weighted by atomic mass is 32.2. The van der Waals surface area contributed by atoms with E-state index in [0.29, 0.717) is 23.8 Å². The van der Waals surface area contributed by atoms with Crippen LogP contribution in [0.3, 0.4) is 0 Å². The Hall–Kier alpha value is -2.70. The molecule has 1 unspecified atom stereocenters. The molecule has 0 fully saturated rings. The number of nitrogens with two attached hydrogens (primary N) is 2. The lowest BCUT2D eigenvalue weighted by atomic mass is 9.98. The first-order chi connectivity index (χ1) is 13.6. The van der Waals surface area contributed by atoms with E-state index in [0.717, 1.165) is 35.2 Å². The van der Waals surface area contributed by atoms with Crippen molar-refractivity contribution in [1.29, 1.82) is 0 Å². The molecule has 6 heteroatoms. The minimum atomic E-state index is -1.47. The van der Waals surface area contributed by atoms with Crippen LogP contribution in [-0.2, 0) is 30.2 Å². The molecule has 0 bridgehead atoms. The summed E-state index contributed by atoms with van der Waals surface area (Å²) in [6.45, 7) is 0.469. The number of anilines is 1. The Labute approximate surface area is 167 Å². The Kier molecular flexibility index (Phi) is 5.41. The Balaban J connectivity index is 1.46. The number of nitrogens with zero attached hydrogens (tertiary/aromatic N) is 1. The number of fused-ring (bicyclic) bond motifs is 1. The van der Waals surface area contributed by atoms with Gasteiger partial charge in [-0.25, -0.2) is 14.3 Å². The summed E-state index contributed by atoms with van der Waals surface area (Å²) in [5, 5.41) is 5.44. The number of hydrogen-bond acceptors (Lipinski definition) is 4. The van der Waals surface area contributed by atoms with Crippen molar-refractivity contribution in [3.63, 3.8) is 0 Å². The highest BCUT2D eigenvalue weighted by molar-refractivity contribution is 7.82. The molecule has 28 heavy (non-hydrogen) atoms. The van der Waals surface area contributed by atoms with Gasteiger partial charge >= 0.3 is 0 Å². The van der Waals surface area contributed by atoms with Crippen LogP contribution in [0.5, 0.6) is 5.88 Å². The van der Waals surface area contributed by atoms with Crippen molar-refractivity contribution >= 4 is 16.7 Å². The Morgan fingerprint density at radius 3 is 2.86 bits per heavy atom. The molecule has 144 valence electrons. The topological polar surface area (TPSA) is 91.2 Å². The predicted molar refractivity (Wildman–Crippen MR) is 112 cm³/mol. The SMILES string of the molecule is Nc1c(-c2ccnc(OCCc3cccc(S(N)=O)c3)c2)ccc2c1CCC2. The van der Waals surface area contributed by atoms with E-state index in [4.69, 9.17) is 15.6 Å². The molecule has 0 radical (unpaired) electrons. The van der Waals surface area contributed by atoms with Crippen LogP contribution in [0.15, 0.2) is 59.6 Å². The summed E-state index contributed by atoms with van der Waals surface area (Å²) >= 11 is 0. The van der Waals surface area contributed by atoms with Gasteiger partial charge < -0.3 is 10.5 Å². The molecule has 5 nitrogen and oxygen atoms in total. The van der Waals surface area contributed by atoms with Gasteiger partial charge in [-0.1, -0.05) is 24.3 Å². The normalized spacial score (nSPS) is 13.9. The highest BCUT2D eigenvalue weighted by Crippen LogP contribution is 2.35. The third-order valence-electron chi connectivity index (χ3n) is 5.14. The lowest BCUT2D eigenvalue weighted by Gasteiger charge is -2.12. The number of nitrogen functional groups attached to an aromatic ring is 1. The van der Waals surface area contributed by atoms with Crippen LogP contribution in [0.4, 0.5) is 5.69 Å². The van der Waals surface area contributed by atoms with E-state index in [-0.39, 0.29) is 0 Å². The van der Waals surface area contributed by atoms with Crippen LogP contribution >= 0.6 is 0 Å². The molecule has 3 aromatic rings. The van der Waals surface area contributed by atoms with Gasteiger partial charge in [0.1, 0.15) is 11.0 Å². The first kappa shape index (κ1) is 18.7. The zero-order valence-corrected chi connectivity index (χ0v) is 16.4. The molecule has 0 saturated carbocycles. The van der Waals surface area contributed by atoms with Crippen molar-refractivity contribution in [2.45, 2.75) is 30.6 Å². The van der Waals surface area contributed by atoms with E-state index in [1.54, 1.807) is 12.3 Å². The van der Waals surface area contributed by atoms with Crippen molar-refractivity contribution in [3.8, 4) is 17.0 Å². The number of rotatable bonds is 6. The third kappa shape index (κ3) is 3.93. The lowest BCUT2D eigenvalue weighted by molar-refractivity contribution is 0.309. The number of hydrogen-bond donors (Lipinski definition) is 2. The molecule has 0 spiro atoms. The van der Waals surface area contributed by atoms with Crippen LogP contribution in [0, 0.1) is 0 Å². The van der Waals surface area contributed by atoms with Gasteiger partial charge in [-0.3, -0.25) is 0 Å². The van der Waals surface area contributed by atoms with Crippen molar-refractivity contribution < 1.29 is 8.95 Å². The average Bonchev–Trinajstić information content (AvgIpc) is 3.18. The quantitative estimate of drug-likeness (QED) is 0.628. The van der Waals surface area contributed by atoms with Crippen LogP contribution in [0.2, 0.25) is 0 Å². The van der Waals surface area contributed by atoms with E-state index in [1.807, 2.05) is 30.3 Å². The van der Waals surface area contributed by atoms with Gasteiger partial charge in [-0.05, 0) is 59.7 Å². The molecule has 1 aromatic heterocycles. The van der Waals surface area contributed by atoms with E-state index >= 15 is 0 Å². The first-order valence-corrected chi connectivity index (χ1v) is 10.6. The largest absolute Gasteiger partial charge is 0.477 e. The number of aromatic nitrogens is 1. The number of pyridine rings is 1. The van der Waals surface area contributed by atoms with Gasteiger partial charge in [0, 0.05) is 29.9 Å². The summed E-state index contributed by atoms with van der Waals surface area (Å²) < 4.78 is 17.2. The molecule has 0 saturated heterocycles. The molecular weight excluding hydrogens is 370 g/mol. The second kappa shape index (κ2) is 8.12. The molecule has 1 aliphatic rings. The van der Waals surface area contributed by atoms with Crippen molar-refractivity contribution in [2.75, 3.05) is 12.3 Å². The fourth-order valence-corrected chi connectivity index (χ4v) is 4.18. The van der Waals surface area contributed by atoms with Crippen molar-refractivity contribution in [3.05, 3.63) is 71.4 Å². The van der Waals surface area contributed by atoms with Gasteiger partial charge in [0.2, 0.25) is 5.88 Å². The summed E-state index contributed by atoms with van der Waals surface area (Å²) in [4.78, 5) is 4.93. The second-order valence-electron chi connectivity index (χ2n) is 6.94. The second-order valence-corrected chi connectivity index (χ2v) is 8.01. The number of aryl methyl sites for hydroxylation is 1. The molecule has 4 rings (SSSR count). The van der Waals surface area contributed by atoms with Crippen molar-refractivity contribution in [2.24, 2.45) is 5.14 Å². The molecular formula is C22H23N3O2S. The van der Waals surface area contributed by atoms with E-state index in [9.17, 15) is 4.21 Å². The molecule has 1 aliphatic carbocycles. The maximum Gasteiger partial charge on any atom is 0.213 e. The highest BCUT2D eigenvalue weighted by Gasteiger charge is 2.17. The van der Waals surface area contributed by atoms with Gasteiger partial charge in [0.15, 0.2) is 0 Å². The molecule has 4 N–H and O–H groups in total. The average molecular weight is 394 g/mol. The molecule has 0 amide bonds. The lowest BCUT2D eigenvalue weighted by Crippen LogP contribution is -2.05. The minimum Gasteiger partial charge on any atom is -0.477 e. The maximum absolute atomic E-state index is 11.4. The molecule has 1 heterocycles. The van der Waals surface area contributed by atoms with E-state index < -0.39 is 11.0 Å². The fourth-order valence-electron chi connectivity index (χ4n) is 3.70. The fraction of sp³-hybridized carbons (Fsp3) is 0.227. The van der Waals surface area contributed by atoms with Crippen molar-refractivity contribution in [1.82, 2.24) is 4.98 Å². The van der Waals surface area contributed by atoms with E-state index in [1.165, 1.54) is 17.5 Å². The molecule has 2 aromatic carbocycles. The van der Waals surface area contributed by atoms with Crippen LogP contribution < -0.4 is 15.6 Å². The predicted octanol–water partition coefficient (Wildman–Crippen LogP) is 3.42. The zero-order valence-electron chi connectivity index (χ0n) is 15.6. The van der Waals surface area contributed by atoms with Gasteiger partial charge in [-0.2, -0.15) is 0 Å². The standard InChI is InChI=1S/C22H23N3O2S/c23-22-19-6-2-4-16(19)7-8-20(22)17-9-11-25-21(14-17)27-12-10-15-3-1-5-18(13-15)28(24)26/h1,3,5,7-9,11,13-14H,2,4,6,10,12,23-24H2. The van der Waals surface area contributed by atoms with E-state index in [2.05, 4.69) is 17.1 Å². The van der Waals surface area contributed by atoms with Crippen LogP contribution in [0.1, 0.15) is 23.1 Å². The Bertz CT molecular complexity index is 1040. The summed E-state index contributed by atoms with van der Waals surface area (Å²) in [7, 11) is -1.47. The minimum absolute atomic E-state index is 0.469. The third-order valence-corrected chi connectivity index (χ3v) is 5.86. The number of benzene rings is 2. The maximum atomic E-state index is 11.4. The molecule has 0 aliphatic heterocycles. The van der Waals surface area contributed by atoms with Gasteiger partial charge in [-0.15, -0.1) is 0 Å². The summed E-state index contributed by atoms with van der Waals surface area (Å²) in [5.74, 6) is 0.566. The Morgan fingerprint density at radius 2 is 2.00 bits per heavy atom. The van der Waals surface area contributed by atoms with Gasteiger partial charge in [0.05, 0.1) is 11.5 Å². The summed E-state index contributed by atoms with van der Waals surface area (Å²) in [5.41, 5.74) is 13.0. The molecule has 1 atom stereocenters. The Morgan fingerprint density at radius 1 is 1.11 bits per heavy atom. The monoisotopic (exact) mass is 393 g/mol.